The standard InChI is InChI=1S/CH2O3.K.Os/c2-1(3)4;;/h(H2,2,3,4);;/q;+1;+4/p-2. The molecule has 0 fully saturated rings. The summed E-state index contributed by atoms with van der Waals surface area (Å²) in [4.78, 5) is 8.33. The van der Waals surface area contributed by atoms with Gasteiger partial charge < -0.3 is 15.0 Å². The van der Waals surface area contributed by atoms with Gasteiger partial charge in [0.25, 0.3) is 0 Å². The summed E-state index contributed by atoms with van der Waals surface area (Å²) in [7, 11) is 0. The third kappa shape index (κ3) is 48.1. The molecule has 0 aliphatic rings. The number of carbonyl (C=O) groups excluding carboxylic acids is 1. The van der Waals surface area contributed by atoms with Gasteiger partial charge in [-0.05, 0) is 6.16 Å². The summed E-state index contributed by atoms with van der Waals surface area (Å²) >= 11 is 0. The molecule has 0 saturated heterocycles. The molecule has 0 saturated carbocycles. The van der Waals surface area contributed by atoms with E-state index in [0.29, 0.717) is 0 Å². The largest absolute Gasteiger partial charge is 4.00 e. The molecule has 0 rings (SSSR count). The SMILES string of the molecule is O=C([O-])[O-].[K+].[Os+4]. The van der Waals surface area contributed by atoms with Crippen LogP contribution >= 0.6 is 0 Å². The molecule has 0 N–H and O–H groups in total. The second-order valence-electron chi connectivity index (χ2n) is 0.250. The van der Waals surface area contributed by atoms with Crippen molar-refractivity contribution >= 4 is 6.16 Å². The Bertz CT molecular complexity index is 33.8. The third-order valence-electron chi connectivity index (χ3n) is 0. The molecule has 0 unspecified atom stereocenters. The van der Waals surface area contributed by atoms with Crippen molar-refractivity contribution < 1.29 is 86.2 Å². The molecule has 0 aliphatic heterocycles. The summed E-state index contributed by atoms with van der Waals surface area (Å²) in [5, 5.41) is 16.7. The second kappa shape index (κ2) is 9.74. The normalized spacial score (nSPS) is 4.00. The first kappa shape index (κ1) is 15.6. The molecule has 0 radical (unpaired) electrons. The van der Waals surface area contributed by atoms with Crippen LogP contribution in [0, 0.1) is 0 Å². The molecule has 0 aliphatic carbocycles. The predicted molar refractivity (Wildman–Crippen MR) is 5.40 cm³/mol. The minimum atomic E-state index is -2.33. The van der Waals surface area contributed by atoms with E-state index in [1.807, 2.05) is 0 Å². The summed E-state index contributed by atoms with van der Waals surface area (Å²) in [6.45, 7) is 0. The summed E-state index contributed by atoms with van der Waals surface area (Å²) in [5.74, 6) is 0. The van der Waals surface area contributed by atoms with E-state index in [0.717, 1.165) is 0 Å². The molecule has 3 nitrogen and oxygen atoms in total. The smallest absolute Gasteiger partial charge is 0.652 e. The van der Waals surface area contributed by atoms with E-state index in [2.05, 4.69) is 0 Å². The van der Waals surface area contributed by atoms with Gasteiger partial charge in [-0.3, -0.25) is 0 Å². The van der Waals surface area contributed by atoms with Crippen LogP contribution in [-0.4, -0.2) is 6.16 Å². The topological polar surface area (TPSA) is 63.2 Å². The van der Waals surface area contributed by atoms with Crippen LogP contribution in [-0.2, 0) is 19.8 Å². The molecule has 6 heavy (non-hydrogen) atoms. The van der Waals surface area contributed by atoms with E-state index in [1.165, 1.54) is 0 Å². The molecule has 0 aromatic carbocycles. The Hall–Kier alpha value is 1.54. The van der Waals surface area contributed by atoms with Crippen molar-refractivity contribution in [2.75, 3.05) is 0 Å². The van der Waals surface area contributed by atoms with Crippen LogP contribution in [0.15, 0.2) is 0 Å². The Morgan fingerprint density at radius 1 is 1.33 bits per heavy atom. The van der Waals surface area contributed by atoms with Crippen LogP contribution in [0.2, 0.25) is 0 Å². The zero-order chi connectivity index (χ0) is 3.58. The summed E-state index contributed by atoms with van der Waals surface area (Å²) in [5.41, 5.74) is 0. The van der Waals surface area contributed by atoms with Gasteiger partial charge in [0.2, 0.25) is 0 Å². The van der Waals surface area contributed by atoms with Crippen molar-refractivity contribution in [3.05, 3.63) is 0 Å². The van der Waals surface area contributed by atoms with Gasteiger partial charge in [0.15, 0.2) is 0 Å². The quantitative estimate of drug-likeness (QED) is 0.418. The van der Waals surface area contributed by atoms with Crippen molar-refractivity contribution in [3.63, 3.8) is 0 Å². The van der Waals surface area contributed by atoms with E-state index >= 15 is 0 Å². The maximum absolute atomic E-state index is 8.33. The fourth-order valence-corrected chi connectivity index (χ4v) is 0. The van der Waals surface area contributed by atoms with Crippen molar-refractivity contribution in [1.82, 2.24) is 0 Å². The number of hydrogen-bond acceptors (Lipinski definition) is 3. The molecular formula is CKO3Os+3. The first-order valence-corrected chi connectivity index (χ1v) is 0.612. The van der Waals surface area contributed by atoms with E-state index < -0.39 is 6.16 Å². The van der Waals surface area contributed by atoms with Crippen molar-refractivity contribution in [2.24, 2.45) is 0 Å². The second-order valence-corrected chi connectivity index (χ2v) is 0.250. The van der Waals surface area contributed by atoms with Gasteiger partial charge >= 0.3 is 71.2 Å². The molecule has 0 heterocycles. The molecule has 0 spiro atoms. The maximum atomic E-state index is 8.33. The van der Waals surface area contributed by atoms with Crippen molar-refractivity contribution in [3.8, 4) is 0 Å². The van der Waals surface area contributed by atoms with Gasteiger partial charge in [0.1, 0.15) is 0 Å². The third-order valence-corrected chi connectivity index (χ3v) is 0. The minimum Gasteiger partial charge on any atom is -0.652 e. The maximum Gasteiger partial charge on any atom is 4.00 e. The van der Waals surface area contributed by atoms with Crippen LogP contribution in [0.1, 0.15) is 0 Å². The molecule has 0 amide bonds. The average Bonchev–Trinajstić information content (AvgIpc) is 0.811. The van der Waals surface area contributed by atoms with E-state index in [1.54, 1.807) is 0 Å². The van der Waals surface area contributed by atoms with Gasteiger partial charge in [-0.2, -0.15) is 0 Å². The van der Waals surface area contributed by atoms with Gasteiger partial charge in [-0.1, -0.05) is 0 Å². The molecular weight excluding hydrogens is 289 g/mol. The monoisotopic (exact) mass is 291 g/mol. The van der Waals surface area contributed by atoms with Gasteiger partial charge in [-0.15, -0.1) is 0 Å². The fourth-order valence-electron chi connectivity index (χ4n) is 0. The number of rotatable bonds is 0. The van der Waals surface area contributed by atoms with Crippen LogP contribution in [0.5, 0.6) is 0 Å². The van der Waals surface area contributed by atoms with Gasteiger partial charge in [0, 0.05) is 0 Å². The molecule has 28 valence electrons. The number of hydrogen-bond donors (Lipinski definition) is 0. The first-order valence-electron chi connectivity index (χ1n) is 0.612. The summed E-state index contributed by atoms with van der Waals surface area (Å²) < 4.78 is 0. The number of carboxylic acid groups (broad SMARTS) is 2. The number of carbonyl (C=O) groups is 1. The molecule has 0 atom stereocenters. The Kier molecular flexibility index (Phi) is 25.4. The van der Waals surface area contributed by atoms with Gasteiger partial charge in [0.05, 0.1) is 0 Å². The van der Waals surface area contributed by atoms with E-state index in [9.17, 15) is 0 Å². The van der Waals surface area contributed by atoms with Gasteiger partial charge in [-0.25, -0.2) is 0 Å². The molecule has 5 heteroatoms. The van der Waals surface area contributed by atoms with Crippen LogP contribution < -0.4 is 61.6 Å². The predicted octanol–water partition coefficient (Wildman–Crippen LogP) is -5.45. The Morgan fingerprint density at radius 2 is 1.33 bits per heavy atom. The van der Waals surface area contributed by atoms with E-state index in [-0.39, 0.29) is 71.2 Å². The molecule has 0 aromatic heterocycles. The summed E-state index contributed by atoms with van der Waals surface area (Å²) in [6, 6.07) is 0. The van der Waals surface area contributed by atoms with Crippen LogP contribution in [0.25, 0.3) is 0 Å². The van der Waals surface area contributed by atoms with Crippen LogP contribution in [0.3, 0.4) is 0 Å². The zero-order valence-corrected chi connectivity index (χ0v) is 8.74. The van der Waals surface area contributed by atoms with Crippen molar-refractivity contribution in [1.29, 1.82) is 0 Å². The van der Waals surface area contributed by atoms with Crippen molar-refractivity contribution in [2.45, 2.75) is 0 Å². The molecule has 0 bridgehead atoms. The zero-order valence-electron chi connectivity index (χ0n) is 3.08. The average molecular weight is 289 g/mol. The Labute approximate surface area is 90.6 Å². The van der Waals surface area contributed by atoms with Crippen LogP contribution in [0.4, 0.5) is 4.79 Å². The Morgan fingerprint density at radius 3 is 1.33 bits per heavy atom. The fraction of sp³-hybridized carbons (Fsp3) is 0. The summed E-state index contributed by atoms with van der Waals surface area (Å²) in [6.07, 6.45) is -2.33. The molecule has 0 aromatic rings. The Balaban J connectivity index is -0.0000000450. The first-order chi connectivity index (χ1) is 1.73. The van der Waals surface area contributed by atoms with E-state index in [4.69, 9.17) is 15.0 Å². The minimum absolute atomic E-state index is 0.